The molecule has 0 saturated carbocycles. The normalized spacial score (nSPS) is 11.1. The van der Waals surface area contributed by atoms with Crippen LogP contribution in [0.2, 0.25) is 0 Å². The maximum absolute atomic E-state index is 13.1. The van der Waals surface area contributed by atoms with Gasteiger partial charge in [0.15, 0.2) is 0 Å². The van der Waals surface area contributed by atoms with Crippen molar-refractivity contribution in [1.29, 1.82) is 0 Å². The lowest BCUT2D eigenvalue weighted by Crippen LogP contribution is -2.39. The van der Waals surface area contributed by atoms with E-state index in [0.29, 0.717) is 18.7 Å². The molecule has 1 aromatic carbocycles. The lowest BCUT2D eigenvalue weighted by atomic mass is 10.2. The van der Waals surface area contributed by atoms with Crippen molar-refractivity contribution in [2.45, 2.75) is 33.4 Å². The summed E-state index contributed by atoms with van der Waals surface area (Å²) in [6.07, 6.45) is 0. The Morgan fingerprint density at radius 3 is 2.74 bits per heavy atom. The van der Waals surface area contributed by atoms with Gasteiger partial charge in [-0.3, -0.25) is 9.69 Å². The molecule has 0 aliphatic heterocycles. The molecule has 4 nitrogen and oxygen atoms in total. The maximum Gasteiger partial charge on any atom is 0.234 e. The Morgan fingerprint density at radius 2 is 2.16 bits per heavy atom. The van der Waals surface area contributed by atoms with Gasteiger partial charge in [0.1, 0.15) is 11.6 Å². The lowest BCUT2D eigenvalue weighted by molar-refractivity contribution is -0.122. The predicted octanol–water partition coefficient (Wildman–Crippen LogP) is 1.88. The van der Waals surface area contributed by atoms with Gasteiger partial charge in [-0.2, -0.15) is 0 Å². The van der Waals surface area contributed by atoms with Crippen LogP contribution in [0.1, 0.15) is 26.3 Å². The van der Waals surface area contributed by atoms with Crippen molar-refractivity contribution in [3.05, 3.63) is 29.6 Å². The smallest absolute Gasteiger partial charge is 0.234 e. The first kappa shape index (κ1) is 15.4. The van der Waals surface area contributed by atoms with Gasteiger partial charge in [-0.25, -0.2) is 4.39 Å². The molecule has 0 spiro atoms. The van der Waals surface area contributed by atoms with Crippen LogP contribution in [-0.4, -0.2) is 35.0 Å². The van der Waals surface area contributed by atoms with Gasteiger partial charge in [0, 0.05) is 18.2 Å². The monoisotopic (exact) mass is 268 g/mol. The number of rotatable bonds is 6. The first-order chi connectivity index (χ1) is 8.92. The highest BCUT2D eigenvalue weighted by molar-refractivity contribution is 5.78. The molecule has 0 unspecified atom stereocenters. The minimum Gasteiger partial charge on any atom is -0.508 e. The summed E-state index contributed by atoms with van der Waals surface area (Å²) in [6.45, 7) is 6.91. The van der Waals surface area contributed by atoms with E-state index in [2.05, 4.69) is 5.32 Å². The Labute approximate surface area is 113 Å². The molecule has 1 amide bonds. The maximum atomic E-state index is 13.1. The molecule has 0 heterocycles. The quantitative estimate of drug-likeness (QED) is 0.828. The molecule has 0 atom stereocenters. The summed E-state index contributed by atoms with van der Waals surface area (Å²) in [7, 11) is 0. The summed E-state index contributed by atoms with van der Waals surface area (Å²) in [5.41, 5.74) is 0.485. The van der Waals surface area contributed by atoms with E-state index in [9.17, 15) is 14.3 Å². The molecule has 0 radical (unpaired) electrons. The van der Waals surface area contributed by atoms with Gasteiger partial charge in [0.05, 0.1) is 6.54 Å². The third kappa shape index (κ3) is 5.26. The van der Waals surface area contributed by atoms with Crippen LogP contribution in [0, 0.1) is 5.82 Å². The van der Waals surface area contributed by atoms with E-state index in [-0.39, 0.29) is 24.2 Å². The number of nitrogens with zero attached hydrogens (tertiary/aromatic N) is 1. The standard InChI is InChI=1S/C14H21FN2O2/c1-4-17(9-14(19)16-10(2)3)8-11-7-12(15)5-6-13(11)18/h5-7,10,18H,4,8-9H2,1-3H3,(H,16,19). The number of nitrogens with one attached hydrogen (secondary N) is 1. The Morgan fingerprint density at radius 1 is 1.47 bits per heavy atom. The Bertz CT molecular complexity index is 435. The van der Waals surface area contributed by atoms with E-state index >= 15 is 0 Å². The second-order valence-corrected chi connectivity index (χ2v) is 4.80. The number of hydrogen-bond donors (Lipinski definition) is 2. The van der Waals surface area contributed by atoms with E-state index in [1.807, 2.05) is 25.7 Å². The van der Waals surface area contributed by atoms with Gasteiger partial charge in [-0.1, -0.05) is 6.92 Å². The zero-order valence-corrected chi connectivity index (χ0v) is 11.6. The highest BCUT2D eigenvalue weighted by Crippen LogP contribution is 2.19. The number of phenols is 1. The number of halogens is 1. The number of carbonyl (C=O) groups excluding carboxylic acids is 1. The van der Waals surface area contributed by atoms with E-state index in [0.717, 1.165) is 0 Å². The van der Waals surface area contributed by atoms with Crippen molar-refractivity contribution in [3.63, 3.8) is 0 Å². The summed E-state index contributed by atoms with van der Waals surface area (Å²) >= 11 is 0. The van der Waals surface area contributed by atoms with E-state index in [1.165, 1.54) is 18.2 Å². The number of benzene rings is 1. The largest absolute Gasteiger partial charge is 0.508 e. The second-order valence-electron chi connectivity index (χ2n) is 4.80. The number of amides is 1. The summed E-state index contributed by atoms with van der Waals surface area (Å²) in [5, 5.41) is 12.5. The zero-order chi connectivity index (χ0) is 14.4. The lowest BCUT2D eigenvalue weighted by Gasteiger charge is -2.21. The zero-order valence-electron chi connectivity index (χ0n) is 11.6. The molecule has 19 heavy (non-hydrogen) atoms. The average molecular weight is 268 g/mol. The van der Waals surface area contributed by atoms with E-state index < -0.39 is 5.82 Å². The molecule has 0 aliphatic carbocycles. The number of carbonyl (C=O) groups is 1. The molecular weight excluding hydrogens is 247 g/mol. The minimum atomic E-state index is -0.393. The SMILES string of the molecule is CCN(CC(=O)NC(C)C)Cc1cc(F)ccc1O. The average Bonchev–Trinajstić information content (AvgIpc) is 2.31. The fourth-order valence-electron chi connectivity index (χ4n) is 1.77. The summed E-state index contributed by atoms with van der Waals surface area (Å²) in [6, 6.07) is 3.92. The van der Waals surface area contributed by atoms with Crippen molar-refractivity contribution >= 4 is 5.91 Å². The van der Waals surface area contributed by atoms with Crippen LogP contribution in [0.15, 0.2) is 18.2 Å². The van der Waals surface area contributed by atoms with Crippen LogP contribution in [0.5, 0.6) is 5.75 Å². The molecule has 0 bridgehead atoms. The predicted molar refractivity (Wildman–Crippen MR) is 72.3 cm³/mol. The van der Waals surface area contributed by atoms with Crippen molar-refractivity contribution < 1.29 is 14.3 Å². The number of phenolic OH excluding ortho intramolecular Hbond substituents is 1. The van der Waals surface area contributed by atoms with Gasteiger partial charge in [0.2, 0.25) is 5.91 Å². The van der Waals surface area contributed by atoms with E-state index in [1.54, 1.807) is 0 Å². The molecule has 1 rings (SSSR count). The van der Waals surface area contributed by atoms with Crippen LogP contribution < -0.4 is 5.32 Å². The summed E-state index contributed by atoms with van der Waals surface area (Å²) < 4.78 is 13.1. The molecular formula is C14H21FN2O2. The van der Waals surface area contributed by atoms with Crippen LogP contribution in [0.25, 0.3) is 0 Å². The fraction of sp³-hybridized carbons (Fsp3) is 0.500. The number of likely N-dealkylation sites (N-methyl/N-ethyl adjacent to an activating group) is 1. The molecule has 0 fully saturated rings. The summed E-state index contributed by atoms with van der Waals surface area (Å²) in [5.74, 6) is -0.424. The van der Waals surface area contributed by atoms with Gasteiger partial charge in [-0.05, 0) is 38.6 Å². The van der Waals surface area contributed by atoms with Crippen LogP contribution in [0.3, 0.4) is 0 Å². The van der Waals surface area contributed by atoms with Crippen LogP contribution >= 0.6 is 0 Å². The Balaban J connectivity index is 2.66. The molecule has 0 aromatic heterocycles. The molecule has 0 aliphatic rings. The van der Waals surface area contributed by atoms with Gasteiger partial charge in [-0.15, -0.1) is 0 Å². The molecule has 2 N–H and O–H groups in total. The van der Waals surface area contributed by atoms with Crippen molar-refractivity contribution in [2.24, 2.45) is 0 Å². The molecule has 1 aromatic rings. The number of hydrogen-bond acceptors (Lipinski definition) is 3. The van der Waals surface area contributed by atoms with Crippen LogP contribution in [0.4, 0.5) is 4.39 Å². The topological polar surface area (TPSA) is 52.6 Å². The summed E-state index contributed by atoms with van der Waals surface area (Å²) in [4.78, 5) is 13.5. The van der Waals surface area contributed by atoms with Crippen molar-refractivity contribution in [1.82, 2.24) is 10.2 Å². The number of aromatic hydroxyl groups is 1. The highest BCUT2D eigenvalue weighted by Gasteiger charge is 2.12. The first-order valence-electron chi connectivity index (χ1n) is 6.41. The fourth-order valence-corrected chi connectivity index (χ4v) is 1.77. The van der Waals surface area contributed by atoms with Gasteiger partial charge < -0.3 is 10.4 Å². The minimum absolute atomic E-state index is 0.0455. The third-order valence-electron chi connectivity index (χ3n) is 2.70. The van der Waals surface area contributed by atoms with Gasteiger partial charge >= 0.3 is 0 Å². The van der Waals surface area contributed by atoms with Crippen molar-refractivity contribution in [2.75, 3.05) is 13.1 Å². The highest BCUT2D eigenvalue weighted by atomic mass is 19.1. The third-order valence-corrected chi connectivity index (χ3v) is 2.70. The van der Waals surface area contributed by atoms with Gasteiger partial charge in [0.25, 0.3) is 0 Å². The molecule has 106 valence electrons. The van der Waals surface area contributed by atoms with Crippen molar-refractivity contribution in [3.8, 4) is 5.75 Å². The Hall–Kier alpha value is -1.62. The van der Waals surface area contributed by atoms with E-state index in [4.69, 9.17) is 0 Å². The molecule has 5 heteroatoms. The van der Waals surface area contributed by atoms with Crippen LogP contribution in [-0.2, 0) is 11.3 Å². The second kappa shape index (κ2) is 7.09. The first-order valence-corrected chi connectivity index (χ1v) is 6.41. The molecule has 0 saturated heterocycles. The Kier molecular flexibility index (Phi) is 5.76.